The van der Waals surface area contributed by atoms with Gasteiger partial charge in [0.2, 0.25) is 0 Å². The van der Waals surface area contributed by atoms with Crippen LogP contribution in [0.3, 0.4) is 0 Å². The van der Waals surface area contributed by atoms with Crippen LogP contribution < -0.4 is 0 Å². The molecule has 3 aromatic rings. The average molecular weight is 328 g/mol. The van der Waals surface area contributed by atoms with E-state index in [0.29, 0.717) is 12.0 Å². The van der Waals surface area contributed by atoms with E-state index in [1.807, 2.05) is 54.6 Å². The minimum atomic E-state index is -0.301. The van der Waals surface area contributed by atoms with E-state index >= 15 is 0 Å². The molecule has 0 saturated heterocycles. The molecule has 0 bridgehead atoms. The lowest BCUT2D eigenvalue weighted by molar-refractivity contribution is 0.0599. The van der Waals surface area contributed by atoms with Crippen molar-refractivity contribution in [2.45, 2.75) is 6.42 Å². The van der Waals surface area contributed by atoms with Gasteiger partial charge in [-0.1, -0.05) is 84.9 Å². The van der Waals surface area contributed by atoms with Crippen LogP contribution in [0, 0.1) is 0 Å². The maximum atomic E-state index is 12.0. The van der Waals surface area contributed by atoms with E-state index in [9.17, 15) is 4.79 Å². The first kappa shape index (κ1) is 16.7. The van der Waals surface area contributed by atoms with Gasteiger partial charge >= 0.3 is 5.97 Å². The van der Waals surface area contributed by atoms with Crippen LogP contribution >= 0.6 is 0 Å². The van der Waals surface area contributed by atoms with Gasteiger partial charge in [-0.25, -0.2) is 4.79 Å². The monoisotopic (exact) mass is 328 g/mol. The van der Waals surface area contributed by atoms with E-state index < -0.39 is 0 Å². The second-order valence-corrected chi connectivity index (χ2v) is 5.70. The lowest BCUT2D eigenvalue weighted by Gasteiger charge is -2.10. The van der Waals surface area contributed by atoms with Crippen LogP contribution in [0.15, 0.2) is 91.0 Å². The first-order chi connectivity index (χ1) is 12.3. The molecule has 124 valence electrons. The van der Waals surface area contributed by atoms with E-state index in [2.05, 4.69) is 30.3 Å². The van der Waals surface area contributed by atoms with Crippen molar-refractivity contribution in [3.63, 3.8) is 0 Å². The maximum absolute atomic E-state index is 12.0. The zero-order chi connectivity index (χ0) is 17.5. The number of ether oxygens (including phenoxy) is 1. The molecule has 0 aromatic heterocycles. The fourth-order valence-electron chi connectivity index (χ4n) is 2.86. The van der Waals surface area contributed by atoms with E-state index in [1.165, 1.54) is 7.11 Å². The van der Waals surface area contributed by atoms with Crippen LogP contribution in [0.5, 0.6) is 0 Å². The second-order valence-electron chi connectivity index (χ2n) is 5.70. The molecule has 0 aliphatic carbocycles. The highest BCUT2D eigenvalue weighted by Crippen LogP contribution is 2.24. The first-order valence-electron chi connectivity index (χ1n) is 8.27. The Morgan fingerprint density at radius 3 is 1.88 bits per heavy atom. The van der Waals surface area contributed by atoms with Gasteiger partial charge in [0, 0.05) is 0 Å². The predicted octanol–water partition coefficient (Wildman–Crippen LogP) is 5.15. The third-order valence-electron chi connectivity index (χ3n) is 4.12. The summed E-state index contributed by atoms with van der Waals surface area (Å²) in [4.78, 5) is 12.0. The Hall–Kier alpha value is -3.13. The van der Waals surface area contributed by atoms with E-state index in [-0.39, 0.29) is 5.97 Å². The molecule has 25 heavy (non-hydrogen) atoms. The molecule has 0 heterocycles. The number of hydrogen-bond acceptors (Lipinski definition) is 2. The van der Waals surface area contributed by atoms with Gasteiger partial charge < -0.3 is 4.74 Å². The summed E-state index contributed by atoms with van der Waals surface area (Å²) in [6.07, 6.45) is 2.83. The van der Waals surface area contributed by atoms with Crippen LogP contribution in [-0.4, -0.2) is 13.1 Å². The van der Waals surface area contributed by atoms with E-state index in [1.54, 1.807) is 6.07 Å². The Morgan fingerprint density at radius 1 is 0.800 bits per heavy atom. The van der Waals surface area contributed by atoms with Gasteiger partial charge in [0.15, 0.2) is 0 Å². The van der Waals surface area contributed by atoms with Gasteiger partial charge in [0.25, 0.3) is 0 Å². The molecule has 0 unspecified atom stereocenters. The minimum absolute atomic E-state index is 0.301. The van der Waals surface area contributed by atoms with Gasteiger partial charge in [-0.2, -0.15) is 0 Å². The number of esters is 1. The van der Waals surface area contributed by atoms with Crippen LogP contribution in [-0.2, 0) is 11.2 Å². The fraction of sp³-hybridized carbons (Fsp3) is 0.0870. The molecule has 0 atom stereocenters. The van der Waals surface area contributed by atoms with E-state index in [4.69, 9.17) is 4.74 Å². The predicted molar refractivity (Wildman–Crippen MR) is 101 cm³/mol. The van der Waals surface area contributed by atoms with Crippen molar-refractivity contribution in [2.75, 3.05) is 7.11 Å². The summed E-state index contributed by atoms with van der Waals surface area (Å²) in [7, 11) is 1.41. The van der Waals surface area contributed by atoms with Crippen molar-refractivity contribution in [3.05, 3.63) is 113 Å². The minimum Gasteiger partial charge on any atom is -0.465 e. The molecular formula is C23H20O2. The fourth-order valence-corrected chi connectivity index (χ4v) is 2.86. The molecule has 0 N–H and O–H groups in total. The van der Waals surface area contributed by atoms with Gasteiger partial charge in [0.1, 0.15) is 0 Å². The summed E-state index contributed by atoms with van der Waals surface area (Å²) in [6, 6.07) is 28.2. The summed E-state index contributed by atoms with van der Waals surface area (Å²) in [6.45, 7) is 0. The molecule has 0 amide bonds. The molecule has 0 radical (unpaired) electrons. The zero-order valence-corrected chi connectivity index (χ0v) is 14.2. The van der Waals surface area contributed by atoms with Gasteiger partial charge in [-0.3, -0.25) is 0 Å². The Morgan fingerprint density at radius 2 is 1.32 bits per heavy atom. The summed E-state index contributed by atoms with van der Waals surface area (Å²) in [5.74, 6) is -0.301. The molecule has 0 aliphatic rings. The Kier molecular flexibility index (Phi) is 5.43. The highest BCUT2D eigenvalue weighted by Gasteiger charge is 2.11. The third-order valence-corrected chi connectivity index (χ3v) is 4.12. The standard InChI is InChI=1S/C23H20O2/c1-25-23(24)22-15-9-8-14-20(22)16-17-21(18-10-4-2-5-11-18)19-12-6-3-7-13-19/h2-15,17H,16H2,1H3. The van der Waals surface area contributed by atoms with Crippen molar-refractivity contribution < 1.29 is 9.53 Å². The van der Waals surface area contributed by atoms with Crippen LogP contribution in [0.4, 0.5) is 0 Å². The summed E-state index contributed by atoms with van der Waals surface area (Å²) in [5, 5.41) is 0. The second kappa shape index (κ2) is 8.11. The van der Waals surface area contributed by atoms with Crippen molar-refractivity contribution in [2.24, 2.45) is 0 Å². The molecule has 2 nitrogen and oxygen atoms in total. The Balaban J connectivity index is 2.00. The Labute approximate surface area is 148 Å². The van der Waals surface area contributed by atoms with Crippen molar-refractivity contribution in [1.29, 1.82) is 0 Å². The SMILES string of the molecule is COC(=O)c1ccccc1CC=C(c1ccccc1)c1ccccc1. The van der Waals surface area contributed by atoms with Crippen LogP contribution in [0.25, 0.3) is 5.57 Å². The smallest absolute Gasteiger partial charge is 0.338 e. The molecule has 2 heteroatoms. The zero-order valence-electron chi connectivity index (χ0n) is 14.2. The van der Waals surface area contributed by atoms with Gasteiger partial charge in [0.05, 0.1) is 12.7 Å². The highest BCUT2D eigenvalue weighted by atomic mass is 16.5. The summed E-state index contributed by atoms with van der Waals surface area (Å²) >= 11 is 0. The van der Waals surface area contributed by atoms with Gasteiger partial charge in [-0.05, 0) is 34.8 Å². The lowest BCUT2D eigenvalue weighted by atomic mass is 9.95. The third kappa shape index (κ3) is 4.04. The number of carbonyl (C=O) groups is 1. The lowest BCUT2D eigenvalue weighted by Crippen LogP contribution is -2.05. The average Bonchev–Trinajstić information content (AvgIpc) is 2.69. The molecule has 3 aromatic carbocycles. The largest absolute Gasteiger partial charge is 0.465 e. The number of rotatable bonds is 5. The number of hydrogen-bond donors (Lipinski definition) is 0. The van der Waals surface area contributed by atoms with E-state index in [0.717, 1.165) is 22.3 Å². The number of allylic oxidation sites excluding steroid dienone is 1. The number of benzene rings is 3. The summed E-state index contributed by atoms with van der Waals surface area (Å²) in [5.41, 5.74) is 5.04. The first-order valence-corrected chi connectivity index (χ1v) is 8.27. The van der Waals surface area contributed by atoms with Crippen LogP contribution in [0.2, 0.25) is 0 Å². The Bertz CT molecular complexity index is 823. The summed E-state index contributed by atoms with van der Waals surface area (Å²) < 4.78 is 4.89. The molecule has 0 saturated carbocycles. The molecule has 0 spiro atoms. The number of carbonyl (C=O) groups excluding carboxylic acids is 1. The molecule has 0 aliphatic heterocycles. The van der Waals surface area contributed by atoms with Crippen molar-refractivity contribution in [1.82, 2.24) is 0 Å². The maximum Gasteiger partial charge on any atom is 0.338 e. The molecule has 3 rings (SSSR count). The molecule has 0 fully saturated rings. The van der Waals surface area contributed by atoms with Gasteiger partial charge in [-0.15, -0.1) is 0 Å². The topological polar surface area (TPSA) is 26.3 Å². The quantitative estimate of drug-likeness (QED) is 0.606. The number of methoxy groups -OCH3 is 1. The highest BCUT2D eigenvalue weighted by molar-refractivity contribution is 5.91. The molecular weight excluding hydrogens is 308 g/mol. The van der Waals surface area contributed by atoms with Crippen molar-refractivity contribution in [3.8, 4) is 0 Å². The van der Waals surface area contributed by atoms with Crippen molar-refractivity contribution >= 4 is 11.5 Å². The normalized spacial score (nSPS) is 10.1. The van der Waals surface area contributed by atoms with Crippen LogP contribution in [0.1, 0.15) is 27.0 Å².